The summed E-state index contributed by atoms with van der Waals surface area (Å²) in [5.74, 6) is -1.99. The van der Waals surface area contributed by atoms with Gasteiger partial charge in [0.1, 0.15) is 22.5 Å². The molecule has 0 unspecified atom stereocenters. The predicted molar refractivity (Wildman–Crippen MR) is 137 cm³/mol. The first-order valence-electron chi connectivity index (χ1n) is 11.1. The minimum absolute atomic E-state index is 0.0617. The van der Waals surface area contributed by atoms with E-state index in [0.717, 1.165) is 0 Å². The molecule has 0 aliphatic heterocycles. The van der Waals surface area contributed by atoms with Crippen molar-refractivity contribution in [2.45, 2.75) is 39.3 Å². The van der Waals surface area contributed by atoms with Crippen LogP contribution in [0.5, 0.6) is 5.75 Å². The van der Waals surface area contributed by atoms with E-state index in [1.54, 1.807) is 45.0 Å². The molecule has 9 nitrogen and oxygen atoms in total. The maximum atomic E-state index is 13.9. The van der Waals surface area contributed by atoms with Gasteiger partial charge in [0.05, 0.1) is 12.3 Å². The molecule has 0 bridgehead atoms. The van der Waals surface area contributed by atoms with Crippen molar-refractivity contribution < 1.29 is 23.5 Å². The number of benzene rings is 2. The van der Waals surface area contributed by atoms with E-state index in [1.807, 2.05) is 6.92 Å². The van der Waals surface area contributed by atoms with E-state index in [9.17, 15) is 18.8 Å². The monoisotopic (exact) mass is 513 g/mol. The van der Waals surface area contributed by atoms with Crippen LogP contribution in [0.15, 0.2) is 48.5 Å². The summed E-state index contributed by atoms with van der Waals surface area (Å²) in [6.07, 6.45) is 0. The van der Waals surface area contributed by atoms with Crippen molar-refractivity contribution in [1.82, 2.24) is 9.69 Å². The highest BCUT2D eigenvalue weighted by atomic mass is 32.1. The Kier molecular flexibility index (Phi) is 7.93. The van der Waals surface area contributed by atoms with E-state index in [4.69, 9.17) is 16.2 Å². The Labute approximate surface area is 212 Å². The lowest BCUT2D eigenvalue weighted by molar-refractivity contribution is -0.123. The molecule has 0 saturated heterocycles. The van der Waals surface area contributed by atoms with Crippen molar-refractivity contribution in [1.29, 1.82) is 0 Å². The summed E-state index contributed by atoms with van der Waals surface area (Å²) < 4.78 is 23.2. The zero-order chi connectivity index (χ0) is 26.6. The Morgan fingerprint density at radius 3 is 2.22 bits per heavy atom. The Morgan fingerprint density at radius 1 is 1.11 bits per heavy atom. The van der Waals surface area contributed by atoms with Gasteiger partial charge in [-0.2, -0.15) is 4.37 Å². The first kappa shape index (κ1) is 26.6. The molecule has 0 saturated carbocycles. The summed E-state index contributed by atoms with van der Waals surface area (Å²) in [4.78, 5) is 40.4. The molecule has 3 rings (SSSR count). The van der Waals surface area contributed by atoms with Gasteiger partial charge < -0.3 is 21.5 Å². The fraction of sp³-hybridized carbons (Fsp3) is 0.280. The zero-order valence-electron chi connectivity index (χ0n) is 20.4. The highest BCUT2D eigenvalue weighted by molar-refractivity contribution is 7.09. The highest BCUT2D eigenvalue weighted by Crippen LogP contribution is 2.34. The van der Waals surface area contributed by atoms with E-state index >= 15 is 0 Å². The van der Waals surface area contributed by atoms with Crippen molar-refractivity contribution in [2.24, 2.45) is 5.73 Å². The van der Waals surface area contributed by atoms with Crippen LogP contribution in [0, 0.1) is 5.82 Å². The van der Waals surface area contributed by atoms with Gasteiger partial charge in [-0.15, -0.1) is 0 Å². The molecular formula is C25H28FN5O4S. The van der Waals surface area contributed by atoms with Gasteiger partial charge in [0.25, 0.3) is 11.8 Å². The third kappa shape index (κ3) is 5.98. The normalized spacial score (nSPS) is 12.0. The lowest BCUT2D eigenvalue weighted by Gasteiger charge is -2.33. The summed E-state index contributed by atoms with van der Waals surface area (Å²) in [5.41, 5.74) is 11.0. The largest absolute Gasteiger partial charge is 0.494 e. The molecule has 3 aromatic rings. The van der Waals surface area contributed by atoms with Crippen LogP contribution >= 0.6 is 11.5 Å². The van der Waals surface area contributed by atoms with Gasteiger partial charge in [-0.25, -0.2) is 4.39 Å². The number of nitrogen functional groups attached to an aromatic ring is 1. The molecule has 0 radical (unpaired) electrons. The standard InChI is InChI=1S/C25H28FN5O4S/c1-5-35-17-12-10-16(11-13-17)31(24(34)21-18(27)19(22(28)32)30-36-21)20(23(33)29-25(2,3)4)14-6-8-15(26)9-7-14/h6-13,20H,5,27H2,1-4H3,(H2,28,32)(H,29,33)/t20-/m1/s1. The molecule has 0 aliphatic carbocycles. The zero-order valence-corrected chi connectivity index (χ0v) is 21.2. The van der Waals surface area contributed by atoms with Gasteiger partial charge in [-0.1, -0.05) is 12.1 Å². The number of carbonyl (C=O) groups is 3. The lowest BCUT2D eigenvalue weighted by atomic mass is 10.0. The lowest BCUT2D eigenvalue weighted by Crippen LogP contribution is -2.49. The first-order chi connectivity index (χ1) is 16.9. The van der Waals surface area contributed by atoms with Crippen LogP contribution in [-0.4, -0.2) is 34.2 Å². The molecule has 0 fully saturated rings. The predicted octanol–water partition coefficient (Wildman–Crippen LogP) is 3.66. The smallest absolute Gasteiger partial charge is 0.273 e. The summed E-state index contributed by atoms with van der Waals surface area (Å²) >= 11 is 0.703. The van der Waals surface area contributed by atoms with Crippen LogP contribution in [0.25, 0.3) is 0 Å². The second-order valence-electron chi connectivity index (χ2n) is 8.93. The van der Waals surface area contributed by atoms with Gasteiger partial charge >= 0.3 is 0 Å². The fourth-order valence-corrected chi connectivity index (χ4v) is 4.23. The molecule has 5 N–H and O–H groups in total. The minimum atomic E-state index is -1.21. The Balaban J connectivity index is 2.21. The SMILES string of the molecule is CCOc1ccc(N(C(=O)c2snc(C(N)=O)c2N)[C@@H](C(=O)NC(C)(C)C)c2ccc(F)cc2)cc1. The number of carbonyl (C=O) groups excluding carboxylic acids is 3. The van der Waals surface area contributed by atoms with Crippen LogP contribution in [0.3, 0.4) is 0 Å². The second-order valence-corrected chi connectivity index (χ2v) is 9.71. The first-order valence-corrected chi connectivity index (χ1v) is 11.9. The number of hydrogen-bond donors (Lipinski definition) is 3. The highest BCUT2D eigenvalue weighted by Gasteiger charge is 2.37. The molecule has 1 aromatic heterocycles. The van der Waals surface area contributed by atoms with Gasteiger partial charge in [0, 0.05) is 11.2 Å². The van der Waals surface area contributed by atoms with Crippen molar-refractivity contribution >= 4 is 40.6 Å². The number of rotatable bonds is 8. The quantitative estimate of drug-likeness (QED) is 0.420. The Bertz CT molecular complexity index is 1250. The number of primary amides is 1. The van der Waals surface area contributed by atoms with Crippen molar-refractivity contribution in [3.8, 4) is 5.75 Å². The number of nitrogens with one attached hydrogen (secondary N) is 1. The van der Waals surface area contributed by atoms with Crippen molar-refractivity contribution in [3.05, 3.63) is 70.5 Å². The molecule has 2 aromatic carbocycles. The molecular weight excluding hydrogens is 485 g/mol. The molecule has 36 heavy (non-hydrogen) atoms. The summed E-state index contributed by atoms with van der Waals surface area (Å²) in [6, 6.07) is 10.6. The van der Waals surface area contributed by atoms with E-state index < -0.39 is 35.1 Å². The van der Waals surface area contributed by atoms with Crippen LogP contribution in [-0.2, 0) is 4.79 Å². The van der Waals surface area contributed by atoms with E-state index in [2.05, 4.69) is 9.69 Å². The Hall–Kier alpha value is -3.99. The fourth-order valence-electron chi connectivity index (χ4n) is 3.49. The molecule has 3 amide bonds. The Morgan fingerprint density at radius 2 is 1.72 bits per heavy atom. The van der Waals surface area contributed by atoms with Crippen molar-refractivity contribution in [2.75, 3.05) is 17.2 Å². The second kappa shape index (κ2) is 10.7. The van der Waals surface area contributed by atoms with Gasteiger partial charge in [-0.3, -0.25) is 19.3 Å². The van der Waals surface area contributed by atoms with Gasteiger partial charge in [0.2, 0.25) is 5.91 Å². The van der Waals surface area contributed by atoms with Crippen LogP contribution in [0.2, 0.25) is 0 Å². The number of ether oxygens (including phenoxy) is 1. The van der Waals surface area contributed by atoms with Crippen LogP contribution < -0.4 is 26.4 Å². The van der Waals surface area contributed by atoms with E-state index in [1.165, 1.54) is 29.2 Å². The molecule has 190 valence electrons. The third-order valence-electron chi connectivity index (χ3n) is 4.99. The number of hydrogen-bond acceptors (Lipinski definition) is 7. The van der Waals surface area contributed by atoms with Crippen molar-refractivity contribution in [3.63, 3.8) is 0 Å². The number of nitrogens with two attached hydrogens (primary N) is 2. The third-order valence-corrected chi connectivity index (χ3v) is 5.84. The van der Waals surface area contributed by atoms with Crippen LogP contribution in [0.4, 0.5) is 15.8 Å². The minimum Gasteiger partial charge on any atom is -0.494 e. The van der Waals surface area contributed by atoms with Gasteiger partial charge in [-0.05, 0) is 81.2 Å². The van der Waals surface area contributed by atoms with Crippen LogP contribution in [0.1, 0.15) is 59.5 Å². The maximum Gasteiger partial charge on any atom is 0.273 e. The molecule has 0 spiro atoms. The molecule has 1 atom stereocenters. The molecule has 11 heteroatoms. The number of nitrogens with zero attached hydrogens (tertiary/aromatic N) is 2. The van der Waals surface area contributed by atoms with E-state index in [-0.39, 0.29) is 16.3 Å². The number of amides is 3. The average molecular weight is 514 g/mol. The number of aromatic nitrogens is 1. The number of anilines is 2. The average Bonchev–Trinajstić information content (AvgIpc) is 3.19. The maximum absolute atomic E-state index is 13.9. The summed E-state index contributed by atoms with van der Waals surface area (Å²) in [5, 5.41) is 2.89. The summed E-state index contributed by atoms with van der Waals surface area (Å²) in [7, 11) is 0. The molecule has 0 aliphatic rings. The van der Waals surface area contributed by atoms with E-state index in [0.29, 0.717) is 35.1 Å². The number of halogens is 1. The van der Waals surface area contributed by atoms with Gasteiger partial charge in [0.15, 0.2) is 5.69 Å². The molecule has 1 heterocycles. The topological polar surface area (TPSA) is 141 Å². The summed E-state index contributed by atoms with van der Waals surface area (Å²) in [6.45, 7) is 7.69.